The minimum Gasteiger partial charge on any atom is -0.460 e. The van der Waals surface area contributed by atoms with Gasteiger partial charge in [-0.3, -0.25) is 0 Å². The molecule has 0 aromatic heterocycles. The van der Waals surface area contributed by atoms with Crippen LogP contribution in [0.5, 0.6) is 0 Å². The summed E-state index contributed by atoms with van der Waals surface area (Å²) in [4.78, 5) is 21.9. The smallest absolute Gasteiger partial charge is 0.331 e. The van der Waals surface area contributed by atoms with Crippen LogP contribution < -0.4 is 0 Å². The summed E-state index contributed by atoms with van der Waals surface area (Å²) >= 11 is 0. The summed E-state index contributed by atoms with van der Waals surface area (Å²) in [6, 6.07) is 0. The maximum Gasteiger partial charge on any atom is 0.331 e. The molecule has 0 aromatic carbocycles. The van der Waals surface area contributed by atoms with Gasteiger partial charge < -0.3 is 18.9 Å². The third kappa shape index (κ3) is 12.5. The first-order chi connectivity index (χ1) is 7.70. The van der Waals surface area contributed by atoms with Gasteiger partial charge in [-0.1, -0.05) is 7.43 Å². The van der Waals surface area contributed by atoms with E-state index in [2.05, 4.69) is 18.9 Å². The largest absolute Gasteiger partial charge is 0.460 e. The van der Waals surface area contributed by atoms with Crippen LogP contribution in [-0.2, 0) is 28.5 Å². The van der Waals surface area contributed by atoms with Crippen molar-refractivity contribution in [3.8, 4) is 0 Å². The molecule has 0 fully saturated rings. The highest BCUT2D eigenvalue weighted by Crippen LogP contribution is 1.86. The normalized spacial score (nSPS) is 9.76. The van der Waals surface area contributed by atoms with Crippen LogP contribution in [0, 0.1) is 0 Å². The SMILES string of the molecule is C.COCCOC(=O)/C=C/C(=O)OCCOC. The van der Waals surface area contributed by atoms with E-state index in [4.69, 9.17) is 0 Å². The molecule has 0 bridgehead atoms. The standard InChI is InChI=1S/C10H16O6.CH4/c1-13-5-7-15-9(11)3-4-10(12)16-8-6-14-2;/h3-4H,5-8H2,1-2H3;1H4/b4-3+;. The van der Waals surface area contributed by atoms with Crippen molar-refractivity contribution in [3.05, 3.63) is 12.2 Å². The third-order valence-corrected chi connectivity index (χ3v) is 1.42. The van der Waals surface area contributed by atoms with Crippen LogP contribution in [0.15, 0.2) is 12.2 Å². The predicted molar refractivity (Wildman–Crippen MR) is 61.5 cm³/mol. The average molecular weight is 248 g/mol. The van der Waals surface area contributed by atoms with E-state index in [0.29, 0.717) is 13.2 Å². The van der Waals surface area contributed by atoms with Crippen molar-refractivity contribution < 1.29 is 28.5 Å². The molecular weight excluding hydrogens is 228 g/mol. The van der Waals surface area contributed by atoms with Crippen LogP contribution in [0.3, 0.4) is 0 Å². The minimum absolute atomic E-state index is 0. The molecule has 0 aliphatic heterocycles. The molecule has 6 nitrogen and oxygen atoms in total. The highest BCUT2D eigenvalue weighted by Gasteiger charge is 2.00. The molecule has 0 aliphatic rings. The van der Waals surface area contributed by atoms with Crippen LogP contribution >= 0.6 is 0 Å². The second kappa shape index (κ2) is 12.7. The van der Waals surface area contributed by atoms with E-state index in [1.807, 2.05) is 0 Å². The van der Waals surface area contributed by atoms with Gasteiger partial charge in [-0.2, -0.15) is 0 Å². The van der Waals surface area contributed by atoms with E-state index in [-0.39, 0.29) is 20.6 Å². The molecule has 0 rings (SSSR count). The Labute approximate surface area is 101 Å². The minimum atomic E-state index is -0.610. The van der Waals surface area contributed by atoms with Gasteiger partial charge in [-0.05, 0) is 0 Å². The zero-order valence-corrected chi connectivity index (χ0v) is 9.43. The third-order valence-electron chi connectivity index (χ3n) is 1.42. The lowest BCUT2D eigenvalue weighted by molar-refractivity contribution is -0.141. The van der Waals surface area contributed by atoms with Crippen molar-refractivity contribution in [2.75, 3.05) is 40.6 Å². The predicted octanol–water partition coefficient (Wildman–Crippen LogP) is 0.558. The van der Waals surface area contributed by atoms with E-state index in [0.717, 1.165) is 12.2 Å². The lowest BCUT2D eigenvalue weighted by Gasteiger charge is -2.00. The lowest BCUT2D eigenvalue weighted by atomic mass is 10.5. The molecule has 0 atom stereocenters. The fourth-order valence-corrected chi connectivity index (χ4v) is 0.683. The van der Waals surface area contributed by atoms with Crippen molar-refractivity contribution in [1.82, 2.24) is 0 Å². The Morgan fingerprint density at radius 2 is 1.18 bits per heavy atom. The first kappa shape index (κ1) is 18.0. The van der Waals surface area contributed by atoms with E-state index in [1.165, 1.54) is 14.2 Å². The molecule has 0 aliphatic carbocycles. The number of hydrogen-bond acceptors (Lipinski definition) is 6. The average Bonchev–Trinajstić information content (AvgIpc) is 2.27. The summed E-state index contributed by atoms with van der Waals surface area (Å²) in [6.45, 7) is 0.937. The summed E-state index contributed by atoms with van der Waals surface area (Å²) in [7, 11) is 2.99. The molecule has 17 heavy (non-hydrogen) atoms. The molecule has 0 heterocycles. The van der Waals surface area contributed by atoms with Gasteiger partial charge in [0, 0.05) is 26.4 Å². The summed E-state index contributed by atoms with van der Waals surface area (Å²) in [5, 5.41) is 0. The Hall–Kier alpha value is -1.40. The summed E-state index contributed by atoms with van der Waals surface area (Å²) in [5.74, 6) is -1.22. The molecule has 0 unspecified atom stereocenters. The van der Waals surface area contributed by atoms with Crippen LogP contribution in [0.1, 0.15) is 7.43 Å². The summed E-state index contributed by atoms with van der Waals surface area (Å²) in [6.07, 6.45) is 2.01. The zero-order chi connectivity index (χ0) is 12.2. The summed E-state index contributed by atoms with van der Waals surface area (Å²) < 4.78 is 18.7. The lowest BCUT2D eigenvalue weighted by Crippen LogP contribution is -2.09. The molecule has 0 spiro atoms. The number of carbonyl (C=O) groups excluding carboxylic acids is 2. The number of esters is 2. The molecule has 0 saturated heterocycles. The number of ether oxygens (including phenoxy) is 4. The maximum atomic E-state index is 11.0. The second-order valence-electron chi connectivity index (χ2n) is 2.65. The van der Waals surface area contributed by atoms with E-state index in [9.17, 15) is 9.59 Å². The van der Waals surface area contributed by atoms with E-state index in [1.54, 1.807) is 0 Å². The Balaban J connectivity index is 0. The first-order valence-corrected chi connectivity index (χ1v) is 4.70. The van der Waals surface area contributed by atoms with Crippen LogP contribution in [0.25, 0.3) is 0 Å². The van der Waals surface area contributed by atoms with Crippen LogP contribution in [-0.4, -0.2) is 52.6 Å². The van der Waals surface area contributed by atoms with Crippen molar-refractivity contribution in [1.29, 1.82) is 0 Å². The number of rotatable bonds is 8. The van der Waals surface area contributed by atoms with Gasteiger partial charge in [0.2, 0.25) is 0 Å². The van der Waals surface area contributed by atoms with Gasteiger partial charge in [-0.15, -0.1) is 0 Å². The van der Waals surface area contributed by atoms with Crippen molar-refractivity contribution >= 4 is 11.9 Å². The van der Waals surface area contributed by atoms with Gasteiger partial charge in [0.1, 0.15) is 13.2 Å². The molecule has 0 radical (unpaired) electrons. The second-order valence-corrected chi connectivity index (χ2v) is 2.65. The quantitative estimate of drug-likeness (QED) is 0.355. The Kier molecular flexibility index (Phi) is 13.4. The molecule has 0 saturated carbocycles. The molecule has 0 N–H and O–H groups in total. The van der Waals surface area contributed by atoms with E-state index >= 15 is 0 Å². The molecule has 0 amide bonds. The van der Waals surface area contributed by atoms with E-state index < -0.39 is 11.9 Å². The highest BCUT2D eigenvalue weighted by molar-refractivity contribution is 5.91. The van der Waals surface area contributed by atoms with Gasteiger partial charge in [-0.25, -0.2) is 9.59 Å². The van der Waals surface area contributed by atoms with Crippen molar-refractivity contribution in [2.45, 2.75) is 7.43 Å². The Bertz CT molecular complexity index is 212. The van der Waals surface area contributed by atoms with Gasteiger partial charge >= 0.3 is 11.9 Å². The highest BCUT2D eigenvalue weighted by atomic mass is 16.6. The fraction of sp³-hybridized carbons (Fsp3) is 0.636. The number of methoxy groups -OCH3 is 2. The Morgan fingerprint density at radius 1 is 0.824 bits per heavy atom. The fourth-order valence-electron chi connectivity index (χ4n) is 0.683. The molecular formula is C11H20O6. The van der Waals surface area contributed by atoms with Crippen LogP contribution in [0.4, 0.5) is 0 Å². The van der Waals surface area contributed by atoms with Gasteiger partial charge in [0.15, 0.2) is 0 Å². The van der Waals surface area contributed by atoms with Crippen molar-refractivity contribution in [2.24, 2.45) is 0 Å². The van der Waals surface area contributed by atoms with Gasteiger partial charge in [0.25, 0.3) is 0 Å². The maximum absolute atomic E-state index is 11.0. The zero-order valence-electron chi connectivity index (χ0n) is 9.43. The number of carbonyl (C=O) groups is 2. The summed E-state index contributed by atoms with van der Waals surface area (Å²) in [5.41, 5.74) is 0. The topological polar surface area (TPSA) is 71.1 Å². The van der Waals surface area contributed by atoms with Gasteiger partial charge in [0.05, 0.1) is 13.2 Å². The van der Waals surface area contributed by atoms with Crippen LogP contribution in [0.2, 0.25) is 0 Å². The first-order valence-electron chi connectivity index (χ1n) is 4.70. The Morgan fingerprint density at radius 3 is 1.47 bits per heavy atom. The molecule has 0 aromatic rings. The monoisotopic (exact) mass is 248 g/mol. The van der Waals surface area contributed by atoms with Crippen molar-refractivity contribution in [3.63, 3.8) is 0 Å². The number of hydrogen-bond donors (Lipinski definition) is 0. The molecule has 6 heteroatoms. The molecule has 100 valence electrons.